The number of nitrogens with zero attached hydrogens (tertiary/aromatic N) is 2. The van der Waals surface area contributed by atoms with Gasteiger partial charge in [0, 0.05) is 23.4 Å². The van der Waals surface area contributed by atoms with E-state index in [9.17, 15) is 8.42 Å². The molecule has 0 fully saturated rings. The number of aryl methyl sites for hydroxylation is 1. The molecule has 1 aromatic rings. The number of allylic oxidation sites excluding steroid dienone is 1. The van der Waals surface area contributed by atoms with E-state index < -0.39 is 9.84 Å². The summed E-state index contributed by atoms with van der Waals surface area (Å²) in [5, 5.41) is 6.48. The van der Waals surface area contributed by atoms with Crippen LogP contribution in [0.5, 0.6) is 0 Å². The summed E-state index contributed by atoms with van der Waals surface area (Å²) in [6.45, 7) is 8.90. The Kier molecular flexibility index (Phi) is 3.32. The minimum Gasteiger partial charge on any atom is -0.281 e. The summed E-state index contributed by atoms with van der Waals surface area (Å²) in [6, 6.07) is 0. The van der Waals surface area contributed by atoms with Gasteiger partial charge in [-0.1, -0.05) is 6.58 Å². The van der Waals surface area contributed by atoms with Gasteiger partial charge in [-0.05, 0) is 20.8 Å². The highest BCUT2D eigenvalue weighted by Crippen LogP contribution is 2.17. The normalized spacial score (nSPS) is 12.9. The average molecular weight is 241 g/mol. The van der Waals surface area contributed by atoms with Crippen molar-refractivity contribution in [2.45, 2.75) is 25.8 Å². The Morgan fingerprint density at radius 1 is 1.44 bits per heavy atom. The van der Waals surface area contributed by atoms with Gasteiger partial charge < -0.3 is 0 Å². The van der Waals surface area contributed by atoms with Crippen molar-refractivity contribution in [2.24, 2.45) is 4.99 Å². The first-order valence-corrected chi connectivity index (χ1v) is 6.59. The second-order valence-corrected chi connectivity index (χ2v) is 5.66. The van der Waals surface area contributed by atoms with Crippen LogP contribution in [0.25, 0.3) is 0 Å². The van der Waals surface area contributed by atoms with Crippen molar-refractivity contribution in [3.8, 4) is 0 Å². The van der Waals surface area contributed by atoms with Gasteiger partial charge in [0.15, 0.2) is 14.9 Å². The SMILES string of the molecule is C=C(C)N=C(C)c1c(S(C)(=O)=O)n[nH]c1C. The van der Waals surface area contributed by atoms with Crippen LogP contribution in [0.15, 0.2) is 22.3 Å². The minimum atomic E-state index is -3.35. The quantitative estimate of drug-likeness (QED) is 0.814. The Morgan fingerprint density at radius 3 is 2.44 bits per heavy atom. The molecular formula is C10H15N3O2S. The van der Waals surface area contributed by atoms with E-state index >= 15 is 0 Å². The van der Waals surface area contributed by atoms with Gasteiger partial charge in [-0.3, -0.25) is 10.1 Å². The molecule has 1 heterocycles. The molecule has 0 aromatic carbocycles. The average Bonchev–Trinajstić information content (AvgIpc) is 2.44. The summed E-state index contributed by atoms with van der Waals surface area (Å²) in [4.78, 5) is 4.15. The molecule has 1 aromatic heterocycles. The lowest BCUT2D eigenvalue weighted by atomic mass is 10.2. The van der Waals surface area contributed by atoms with E-state index in [1.165, 1.54) is 0 Å². The highest BCUT2D eigenvalue weighted by Gasteiger charge is 2.21. The van der Waals surface area contributed by atoms with Crippen molar-refractivity contribution in [1.29, 1.82) is 0 Å². The van der Waals surface area contributed by atoms with Gasteiger partial charge >= 0.3 is 0 Å². The summed E-state index contributed by atoms with van der Waals surface area (Å²) in [7, 11) is -3.35. The Balaban J connectivity index is 3.45. The lowest BCUT2D eigenvalue weighted by Crippen LogP contribution is -2.06. The maximum atomic E-state index is 11.5. The van der Waals surface area contributed by atoms with Gasteiger partial charge in [-0.2, -0.15) is 5.10 Å². The number of hydrogen-bond donors (Lipinski definition) is 1. The highest BCUT2D eigenvalue weighted by atomic mass is 32.2. The van der Waals surface area contributed by atoms with Crippen molar-refractivity contribution in [1.82, 2.24) is 10.2 Å². The zero-order valence-electron chi connectivity index (χ0n) is 9.83. The smallest absolute Gasteiger partial charge is 0.195 e. The molecule has 0 aliphatic heterocycles. The van der Waals surface area contributed by atoms with Crippen molar-refractivity contribution in [3.63, 3.8) is 0 Å². The molecule has 0 aliphatic carbocycles. The van der Waals surface area contributed by atoms with Gasteiger partial charge in [0.25, 0.3) is 0 Å². The molecule has 5 nitrogen and oxygen atoms in total. The third-order valence-electron chi connectivity index (χ3n) is 1.99. The minimum absolute atomic E-state index is 0.0347. The maximum absolute atomic E-state index is 11.5. The van der Waals surface area contributed by atoms with Crippen molar-refractivity contribution in [2.75, 3.05) is 6.26 Å². The second-order valence-electron chi connectivity index (χ2n) is 3.73. The standard InChI is InChI=1S/C10H15N3O2S/c1-6(2)11-7(3)9-8(4)12-13-10(9)16(5,14)15/h1H2,2-5H3,(H,12,13). The van der Waals surface area contributed by atoms with E-state index in [0.29, 0.717) is 22.7 Å². The van der Waals surface area contributed by atoms with E-state index in [2.05, 4.69) is 21.8 Å². The van der Waals surface area contributed by atoms with Crippen molar-refractivity contribution >= 4 is 15.5 Å². The summed E-state index contributed by atoms with van der Waals surface area (Å²) < 4.78 is 23.0. The van der Waals surface area contributed by atoms with E-state index in [1.807, 2.05) is 0 Å². The summed E-state index contributed by atoms with van der Waals surface area (Å²) >= 11 is 0. The van der Waals surface area contributed by atoms with E-state index in [1.54, 1.807) is 20.8 Å². The summed E-state index contributed by atoms with van der Waals surface area (Å²) in [6.07, 6.45) is 1.13. The van der Waals surface area contributed by atoms with Crippen LogP contribution in [0, 0.1) is 6.92 Å². The highest BCUT2D eigenvalue weighted by molar-refractivity contribution is 7.90. The number of nitrogens with one attached hydrogen (secondary N) is 1. The third kappa shape index (κ3) is 2.57. The van der Waals surface area contributed by atoms with Crippen LogP contribution in [0.1, 0.15) is 25.1 Å². The number of aromatic nitrogens is 2. The number of rotatable bonds is 3. The molecule has 6 heteroatoms. The molecule has 1 rings (SSSR count). The topological polar surface area (TPSA) is 75.2 Å². The third-order valence-corrected chi connectivity index (χ3v) is 2.98. The van der Waals surface area contributed by atoms with Crippen LogP contribution in [-0.2, 0) is 9.84 Å². The van der Waals surface area contributed by atoms with Gasteiger partial charge in [0.2, 0.25) is 0 Å². The Hall–Kier alpha value is -1.43. The maximum Gasteiger partial charge on any atom is 0.195 e. The fourth-order valence-electron chi connectivity index (χ4n) is 1.44. The molecule has 0 unspecified atom stereocenters. The molecule has 16 heavy (non-hydrogen) atoms. The van der Waals surface area contributed by atoms with Gasteiger partial charge in [-0.25, -0.2) is 8.42 Å². The van der Waals surface area contributed by atoms with Crippen LogP contribution in [-0.4, -0.2) is 30.6 Å². The van der Waals surface area contributed by atoms with Crippen molar-refractivity contribution < 1.29 is 8.42 Å². The van der Waals surface area contributed by atoms with E-state index in [4.69, 9.17) is 0 Å². The number of aliphatic imine (C=N–C) groups is 1. The predicted molar refractivity (Wildman–Crippen MR) is 63.5 cm³/mol. The lowest BCUT2D eigenvalue weighted by molar-refractivity contribution is 0.597. The second kappa shape index (κ2) is 4.21. The van der Waals surface area contributed by atoms with Gasteiger partial charge in [0.1, 0.15) is 0 Å². The molecule has 0 radical (unpaired) electrons. The molecule has 0 bridgehead atoms. The first-order chi connectivity index (χ1) is 7.23. The van der Waals surface area contributed by atoms with Crippen LogP contribution < -0.4 is 0 Å². The molecule has 0 saturated heterocycles. The summed E-state index contributed by atoms with van der Waals surface area (Å²) in [5.74, 6) is 0. The molecule has 0 aliphatic rings. The Labute approximate surface area is 95.2 Å². The fraction of sp³-hybridized carbons (Fsp3) is 0.400. The monoisotopic (exact) mass is 241 g/mol. The molecule has 0 spiro atoms. The van der Waals surface area contributed by atoms with E-state index in [-0.39, 0.29) is 5.03 Å². The zero-order chi connectivity index (χ0) is 12.5. The van der Waals surface area contributed by atoms with E-state index in [0.717, 1.165) is 6.26 Å². The fourth-order valence-corrected chi connectivity index (χ4v) is 2.33. The first kappa shape index (κ1) is 12.6. The molecule has 0 saturated carbocycles. The number of H-pyrrole nitrogens is 1. The number of hydrogen-bond acceptors (Lipinski definition) is 4. The summed E-state index contributed by atoms with van der Waals surface area (Å²) in [5.41, 5.74) is 2.44. The Morgan fingerprint density at radius 2 is 2.00 bits per heavy atom. The van der Waals surface area contributed by atoms with Crippen LogP contribution >= 0.6 is 0 Å². The molecule has 0 amide bonds. The zero-order valence-corrected chi connectivity index (χ0v) is 10.6. The lowest BCUT2D eigenvalue weighted by Gasteiger charge is -2.02. The van der Waals surface area contributed by atoms with Crippen LogP contribution in [0.2, 0.25) is 0 Å². The van der Waals surface area contributed by atoms with Crippen LogP contribution in [0.3, 0.4) is 0 Å². The molecule has 88 valence electrons. The van der Waals surface area contributed by atoms with Crippen LogP contribution in [0.4, 0.5) is 0 Å². The van der Waals surface area contributed by atoms with Crippen molar-refractivity contribution in [3.05, 3.63) is 23.5 Å². The largest absolute Gasteiger partial charge is 0.281 e. The Bertz CT molecular complexity index is 553. The molecule has 1 N–H and O–H groups in total. The first-order valence-electron chi connectivity index (χ1n) is 4.69. The van der Waals surface area contributed by atoms with Gasteiger partial charge in [0.05, 0.1) is 5.56 Å². The predicted octanol–water partition coefficient (Wildman–Crippen LogP) is 1.46. The molecular weight excluding hydrogens is 226 g/mol. The van der Waals surface area contributed by atoms with Gasteiger partial charge in [-0.15, -0.1) is 0 Å². The number of sulfone groups is 1. The number of aromatic amines is 1. The molecule has 0 atom stereocenters.